The summed E-state index contributed by atoms with van der Waals surface area (Å²) in [6.07, 6.45) is 1.44. The van der Waals surface area contributed by atoms with Crippen molar-refractivity contribution >= 4 is 25.1 Å². The van der Waals surface area contributed by atoms with Crippen LogP contribution in [0.25, 0.3) is 0 Å². The summed E-state index contributed by atoms with van der Waals surface area (Å²) >= 11 is 0. The van der Waals surface area contributed by atoms with Crippen molar-refractivity contribution in [3.63, 3.8) is 0 Å². The molecule has 1 aromatic heterocycles. The minimum absolute atomic E-state index is 0.103. The lowest BCUT2D eigenvalue weighted by Crippen LogP contribution is -2.65. The third kappa shape index (κ3) is 8.03. The highest BCUT2D eigenvalue weighted by Crippen LogP contribution is 2.65. The summed E-state index contributed by atoms with van der Waals surface area (Å²) in [6.45, 7) is 17.9. The fraction of sp³-hybridized carbons (Fsp3) is 0.706. The van der Waals surface area contributed by atoms with E-state index in [1.807, 2.05) is 6.07 Å². The highest BCUT2D eigenvalue weighted by Gasteiger charge is 2.68. The number of hydrogen-bond donors (Lipinski definition) is 2. The average Bonchev–Trinajstić information content (AvgIpc) is 3.57. The molecule has 0 unspecified atom stereocenters. The van der Waals surface area contributed by atoms with Crippen LogP contribution in [0, 0.1) is 17.3 Å². The van der Waals surface area contributed by atoms with Crippen LogP contribution in [0.5, 0.6) is 5.75 Å². The second-order valence-electron chi connectivity index (χ2n) is 16.1. The highest BCUT2D eigenvalue weighted by atomic mass is 16.7. The summed E-state index contributed by atoms with van der Waals surface area (Å²) in [7, 11) is 0.753. The normalized spacial score (nSPS) is 24.7. The van der Waals surface area contributed by atoms with E-state index in [2.05, 4.69) is 46.9 Å². The zero-order chi connectivity index (χ0) is 35.9. The van der Waals surface area contributed by atoms with Crippen molar-refractivity contribution in [1.82, 2.24) is 30.8 Å². The third-order valence-corrected chi connectivity index (χ3v) is 9.92. The van der Waals surface area contributed by atoms with Crippen LogP contribution >= 0.6 is 0 Å². The fourth-order valence-electron chi connectivity index (χ4n) is 7.51. The maximum absolute atomic E-state index is 13.7. The maximum Gasteiger partial charge on any atom is 0.482 e. The molecule has 14 nitrogen and oxygen atoms in total. The molecule has 3 saturated carbocycles. The second-order valence-corrected chi connectivity index (χ2v) is 16.1. The van der Waals surface area contributed by atoms with E-state index in [9.17, 15) is 14.4 Å². The number of alkyl carbamates (subject to hydrolysis) is 1. The number of carbonyl (C=O) groups is 3. The summed E-state index contributed by atoms with van der Waals surface area (Å²) in [5, 5.41) is 17.6. The molecule has 1 saturated heterocycles. The molecule has 49 heavy (non-hydrogen) atoms. The van der Waals surface area contributed by atoms with Crippen molar-refractivity contribution in [2.75, 3.05) is 13.7 Å². The lowest BCUT2D eigenvalue weighted by atomic mass is 9.43. The van der Waals surface area contributed by atoms with Gasteiger partial charge in [-0.2, -0.15) is 0 Å². The molecule has 2 aromatic rings. The van der Waals surface area contributed by atoms with Crippen molar-refractivity contribution in [1.29, 1.82) is 0 Å². The first-order chi connectivity index (χ1) is 22.8. The van der Waals surface area contributed by atoms with E-state index >= 15 is 0 Å². The van der Waals surface area contributed by atoms with E-state index < -0.39 is 41.9 Å². The van der Waals surface area contributed by atoms with Gasteiger partial charge in [-0.1, -0.05) is 26.0 Å². The molecule has 1 aromatic carbocycles. The molecule has 2 N–H and O–H groups in total. The average molecular weight is 683 g/mol. The number of para-hydroxylation sites is 1. The molecule has 15 heteroatoms. The second kappa shape index (κ2) is 13.5. The standard InChI is InChI=1S/C34H51BN6O8/c1-31(2,3)46-29(43)22-13-11-12-20(28(22)45-10)16-25(35-48-24-18-21-17-23(33(21,7)8)34(24,9)49-35)37-27(42)19-26-38-39-40-41(26)15-14-36-30(44)47-32(4,5)6/h11-13,21,23-25H,14-19H2,1-10H3,(H,36,44)(H,37,42)/t21-,23-,24+,25-,34-/m0/s1. The Morgan fingerprint density at radius 2 is 1.80 bits per heavy atom. The summed E-state index contributed by atoms with van der Waals surface area (Å²) in [4.78, 5) is 38.9. The first-order valence-electron chi connectivity index (χ1n) is 17.0. The van der Waals surface area contributed by atoms with Gasteiger partial charge in [-0.3, -0.25) is 4.79 Å². The number of aromatic nitrogens is 4. The van der Waals surface area contributed by atoms with Gasteiger partial charge >= 0.3 is 19.2 Å². The monoisotopic (exact) mass is 682 g/mol. The molecule has 4 fully saturated rings. The fourth-order valence-corrected chi connectivity index (χ4v) is 7.51. The SMILES string of the molecule is COc1c(C[C@H](NC(=O)Cc2nnnn2CCNC(=O)OC(C)(C)C)B2O[C@@H]3C[C@@H]4C[C@@H](C4(C)C)[C@]3(C)O2)cccc1C(=O)OC(C)(C)C. The van der Waals surface area contributed by atoms with Crippen molar-refractivity contribution in [2.24, 2.45) is 17.3 Å². The van der Waals surface area contributed by atoms with Gasteiger partial charge in [0.2, 0.25) is 5.91 Å². The molecule has 4 aliphatic rings. The lowest BCUT2D eigenvalue weighted by Gasteiger charge is -2.64. The minimum atomic E-state index is -0.752. The number of ether oxygens (including phenoxy) is 3. The van der Waals surface area contributed by atoms with Gasteiger partial charge < -0.3 is 34.2 Å². The van der Waals surface area contributed by atoms with Gasteiger partial charge in [-0.15, -0.1) is 5.10 Å². The van der Waals surface area contributed by atoms with Crippen LogP contribution in [-0.4, -0.2) is 87.8 Å². The third-order valence-electron chi connectivity index (χ3n) is 9.92. The number of nitrogens with zero attached hydrogens (tertiary/aromatic N) is 4. The Bertz CT molecular complexity index is 1550. The van der Waals surface area contributed by atoms with Crippen LogP contribution in [0.4, 0.5) is 4.79 Å². The molecule has 2 amide bonds. The summed E-state index contributed by atoms with van der Waals surface area (Å²) < 4.78 is 31.6. The predicted molar refractivity (Wildman–Crippen MR) is 180 cm³/mol. The zero-order valence-electron chi connectivity index (χ0n) is 30.4. The Labute approximate surface area is 288 Å². The maximum atomic E-state index is 13.7. The molecular weight excluding hydrogens is 631 g/mol. The Balaban J connectivity index is 1.34. The first kappa shape index (κ1) is 36.6. The number of hydrogen-bond acceptors (Lipinski definition) is 11. The van der Waals surface area contributed by atoms with Crippen molar-refractivity contribution in [3.8, 4) is 5.75 Å². The molecule has 5 atom stereocenters. The molecular formula is C34H51BN6O8. The van der Waals surface area contributed by atoms with E-state index in [1.165, 1.54) is 11.8 Å². The van der Waals surface area contributed by atoms with E-state index in [1.54, 1.807) is 53.7 Å². The van der Waals surface area contributed by atoms with Crippen LogP contribution in [0.15, 0.2) is 18.2 Å². The van der Waals surface area contributed by atoms with Crippen LogP contribution in [0.2, 0.25) is 0 Å². The molecule has 2 bridgehead atoms. The number of amides is 2. The quantitative estimate of drug-likeness (QED) is 0.262. The Morgan fingerprint density at radius 3 is 2.45 bits per heavy atom. The van der Waals surface area contributed by atoms with Crippen molar-refractivity contribution in [2.45, 2.75) is 123 Å². The minimum Gasteiger partial charge on any atom is -0.496 e. The van der Waals surface area contributed by atoms with E-state index in [0.717, 1.165) is 12.8 Å². The molecule has 2 heterocycles. The van der Waals surface area contributed by atoms with Crippen LogP contribution < -0.4 is 15.4 Å². The lowest BCUT2D eigenvalue weighted by molar-refractivity contribution is -0.199. The number of carbonyl (C=O) groups excluding carboxylic acids is 3. The summed E-state index contributed by atoms with van der Waals surface area (Å²) in [6, 6.07) is 5.28. The highest BCUT2D eigenvalue weighted by molar-refractivity contribution is 6.48. The Kier molecular flexibility index (Phi) is 10.1. The number of nitrogens with one attached hydrogen (secondary N) is 2. The van der Waals surface area contributed by atoms with Gasteiger partial charge in [0, 0.05) is 6.54 Å². The zero-order valence-corrected chi connectivity index (χ0v) is 30.4. The molecule has 0 radical (unpaired) electrons. The molecule has 0 spiro atoms. The van der Waals surface area contributed by atoms with Gasteiger partial charge in [0.1, 0.15) is 22.5 Å². The predicted octanol–water partition coefficient (Wildman–Crippen LogP) is 3.70. The van der Waals surface area contributed by atoms with E-state index in [4.69, 9.17) is 23.5 Å². The van der Waals surface area contributed by atoms with Gasteiger partial charge in [0.25, 0.3) is 0 Å². The van der Waals surface area contributed by atoms with Gasteiger partial charge in [0.15, 0.2) is 5.82 Å². The van der Waals surface area contributed by atoms with E-state index in [-0.39, 0.29) is 48.9 Å². The number of esters is 1. The van der Waals surface area contributed by atoms with Crippen LogP contribution in [0.3, 0.4) is 0 Å². The largest absolute Gasteiger partial charge is 0.496 e. The van der Waals surface area contributed by atoms with Gasteiger partial charge in [0.05, 0.1) is 37.7 Å². The Hall–Kier alpha value is -3.72. The number of rotatable bonds is 11. The number of benzene rings is 1. The van der Waals surface area contributed by atoms with Crippen LogP contribution in [-0.2, 0) is 43.0 Å². The summed E-state index contributed by atoms with van der Waals surface area (Å²) in [5.41, 5.74) is -0.705. The molecule has 3 aliphatic carbocycles. The van der Waals surface area contributed by atoms with E-state index in [0.29, 0.717) is 29.0 Å². The first-order valence-corrected chi connectivity index (χ1v) is 17.0. The van der Waals surface area contributed by atoms with Crippen molar-refractivity contribution < 1.29 is 37.9 Å². The molecule has 6 rings (SSSR count). The van der Waals surface area contributed by atoms with Gasteiger partial charge in [-0.25, -0.2) is 14.3 Å². The van der Waals surface area contributed by atoms with Crippen molar-refractivity contribution in [3.05, 3.63) is 35.2 Å². The summed E-state index contributed by atoms with van der Waals surface area (Å²) in [5.74, 6) is 0.0741. The topological polar surface area (TPSA) is 165 Å². The number of methoxy groups -OCH3 is 1. The van der Waals surface area contributed by atoms with Crippen LogP contribution in [0.1, 0.15) is 96.9 Å². The smallest absolute Gasteiger partial charge is 0.482 e. The molecule has 1 aliphatic heterocycles. The molecule has 268 valence electrons. The Morgan fingerprint density at radius 1 is 1.08 bits per heavy atom. The van der Waals surface area contributed by atoms with Gasteiger partial charge in [-0.05, 0) is 107 Å². The number of tetrazole rings is 1.